The first-order chi connectivity index (χ1) is 8.54. The van der Waals surface area contributed by atoms with E-state index in [1.807, 2.05) is 0 Å². The fourth-order valence-electron chi connectivity index (χ4n) is 1.57. The molecular formula is C12H15NO5. The van der Waals surface area contributed by atoms with Crippen LogP contribution in [0.2, 0.25) is 0 Å². The van der Waals surface area contributed by atoms with Gasteiger partial charge in [0.15, 0.2) is 0 Å². The second-order valence-corrected chi connectivity index (χ2v) is 3.63. The largest absolute Gasteiger partial charge is 0.495 e. The van der Waals surface area contributed by atoms with E-state index >= 15 is 0 Å². The molecule has 0 saturated heterocycles. The Kier molecular flexibility index (Phi) is 4.98. The molecule has 98 valence electrons. The van der Waals surface area contributed by atoms with Gasteiger partial charge in [0.1, 0.15) is 12.3 Å². The van der Waals surface area contributed by atoms with Crippen molar-refractivity contribution in [3.8, 4) is 5.75 Å². The summed E-state index contributed by atoms with van der Waals surface area (Å²) in [5, 5.41) is 17.5. The number of hydrogen-bond donors (Lipinski definition) is 2. The van der Waals surface area contributed by atoms with E-state index < -0.39 is 11.9 Å². The zero-order valence-electron chi connectivity index (χ0n) is 10.00. The van der Waals surface area contributed by atoms with Gasteiger partial charge in [0.25, 0.3) is 0 Å². The molecule has 0 spiro atoms. The summed E-state index contributed by atoms with van der Waals surface area (Å²) in [6.07, 6.45) is -0.134. The number of para-hydroxylation sites is 2. The number of carbonyl (C=O) groups is 2. The highest BCUT2D eigenvalue weighted by Crippen LogP contribution is 2.27. The number of hydrogen-bond acceptors (Lipinski definition) is 4. The Morgan fingerprint density at radius 1 is 1.22 bits per heavy atom. The lowest BCUT2D eigenvalue weighted by atomic mass is 10.2. The summed E-state index contributed by atoms with van der Waals surface area (Å²) in [5.74, 6) is -1.48. The average molecular weight is 253 g/mol. The van der Waals surface area contributed by atoms with Gasteiger partial charge in [0.2, 0.25) is 0 Å². The second-order valence-electron chi connectivity index (χ2n) is 3.63. The Hall–Kier alpha value is -2.24. The monoisotopic (exact) mass is 253 g/mol. The summed E-state index contributed by atoms with van der Waals surface area (Å²) in [7, 11) is 1.48. The molecule has 0 aliphatic heterocycles. The summed E-state index contributed by atoms with van der Waals surface area (Å²) in [6.45, 7) is -0.157. The Morgan fingerprint density at radius 3 is 2.44 bits per heavy atom. The minimum atomic E-state index is -1.02. The van der Waals surface area contributed by atoms with Gasteiger partial charge in [-0.3, -0.25) is 9.59 Å². The maximum atomic E-state index is 10.8. The minimum Gasteiger partial charge on any atom is -0.495 e. The molecule has 1 aromatic rings. The first kappa shape index (κ1) is 13.8. The van der Waals surface area contributed by atoms with E-state index in [1.165, 1.54) is 12.0 Å². The molecule has 0 amide bonds. The molecule has 0 aromatic heterocycles. The molecule has 0 heterocycles. The third-order valence-corrected chi connectivity index (χ3v) is 2.35. The molecule has 6 heteroatoms. The topological polar surface area (TPSA) is 87.1 Å². The van der Waals surface area contributed by atoms with E-state index in [4.69, 9.17) is 14.9 Å². The Balaban J connectivity index is 2.92. The van der Waals surface area contributed by atoms with Crippen LogP contribution in [0.4, 0.5) is 5.69 Å². The number of aliphatic carboxylic acids is 2. The minimum absolute atomic E-state index is 0.113. The predicted molar refractivity (Wildman–Crippen MR) is 65.1 cm³/mol. The molecule has 1 rings (SSSR count). The second kappa shape index (κ2) is 6.48. The van der Waals surface area contributed by atoms with Crippen molar-refractivity contribution in [1.82, 2.24) is 0 Å². The fourth-order valence-corrected chi connectivity index (χ4v) is 1.57. The van der Waals surface area contributed by atoms with Gasteiger partial charge in [0.05, 0.1) is 19.2 Å². The van der Waals surface area contributed by atoms with Gasteiger partial charge in [-0.2, -0.15) is 0 Å². The van der Waals surface area contributed by atoms with Crippen molar-refractivity contribution in [3.05, 3.63) is 24.3 Å². The van der Waals surface area contributed by atoms with Gasteiger partial charge in [-0.1, -0.05) is 12.1 Å². The summed E-state index contributed by atoms with van der Waals surface area (Å²) in [6, 6.07) is 6.90. The molecule has 0 bridgehead atoms. The number of methoxy groups -OCH3 is 1. The lowest BCUT2D eigenvalue weighted by Crippen LogP contribution is -2.32. The van der Waals surface area contributed by atoms with Gasteiger partial charge in [-0.15, -0.1) is 0 Å². The molecule has 6 nitrogen and oxygen atoms in total. The van der Waals surface area contributed by atoms with Crippen molar-refractivity contribution in [1.29, 1.82) is 0 Å². The van der Waals surface area contributed by atoms with Crippen molar-refractivity contribution in [2.75, 3.05) is 25.1 Å². The molecule has 0 atom stereocenters. The fraction of sp³-hybridized carbons (Fsp3) is 0.333. The third-order valence-electron chi connectivity index (χ3n) is 2.35. The summed E-state index contributed by atoms with van der Waals surface area (Å²) in [5.41, 5.74) is 0.573. The highest BCUT2D eigenvalue weighted by molar-refractivity contribution is 5.76. The van der Waals surface area contributed by atoms with Crippen molar-refractivity contribution in [2.45, 2.75) is 6.42 Å². The first-order valence-corrected chi connectivity index (χ1v) is 5.36. The van der Waals surface area contributed by atoms with E-state index in [-0.39, 0.29) is 19.5 Å². The quantitative estimate of drug-likeness (QED) is 0.755. The van der Waals surface area contributed by atoms with E-state index in [2.05, 4.69) is 0 Å². The summed E-state index contributed by atoms with van der Waals surface area (Å²) >= 11 is 0. The van der Waals surface area contributed by atoms with Gasteiger partial charge >= 0.3 is 11.9 Å². The Bertz CT molecular complexity index is 432. The lowest BCUT2D eigenvalue weighted by molar-refractivity contribution is -0.138. The zero-order chi connectivity index (χ0) is 13.5. The normalized spacial score (nSPS) is 9.83. The van der Waals surface area contributed by atoms with Crippen molar-refractivity contribution >= 4 is 17.6 Å². The maximum Gasteiger partial charge on any atom is 0.323 e. The van der Waals surface area contributed by atoms with Crippen molar-refractivity contribution in [2.24, 2.45) is 0 Å². The Morgan fingerprint density at radius 2 is 1.89 bits per heavy atom. The number of ether oxygens (including phenoxy) is 1. The van der Waals surface area contributed by atoms with Crippen molar-refractivity contribution < 1.29 is 24.5 Å². The van der Waals surface area contributed by atoms with Crippen LogP contribution in [0, 0.1) is 0 Å². The highest BCUT2D eigenvalue weighted by Gasteiger charge is 2.15. The molecule has 1 aromatic carbocycles. The van der Waals surface area contributed by atoms with E-state index in [0.29, 0.717) is 11.4 Å². The van der Waals surface area contributed by atoms with Gasteiger partial charge < -0.3 is 19.8 Å². The van der Waals surface area contributed by atoms with Crippen LogP contribution in [0.1, 0.15) is 6.42 Å². The zero-order valence-corrected chi connectivity index (χ0v) is 10.00. The standard InChI is InChI=1S/C12H15NO5/c1-18-10-5-3-2-4-9(10)13(8-12(16)17)7-6-11(14)15/h2-5H,6-8H2,1H3,(H,14,15)(H,16,17). The molecule has 2 N–H and O–H groups in total. The number of anilines is 1. The molecule has 0 saturated carbocycles. The van der Waals surface area contributed by atoms with Gasteiger partial charge in [0, 0.05) is 6.54 Å². The van der Waals surface area contributed by atoms with Crippen LogP contribution < -0.4 is 9.64 Å². The lowest BCUT2D eigenvalue weighted by Gasteiger charge is -2.23. The first-order valence-electron chi connectivity index (χ1n) is 5.36. The van der Waals surface area contributed by atoms with Crippen molar-refractivity contribution in [3.63, 3.8) is 0 Å². The van der Waals surface area contributed by atoms with Crippen LogP contribution in [0.3, 0.4) is 0 Å². The van der Waals surface area contributed by atoms with Crippen LogP contribution >= 0.6 is 0 Å². The smallest absolute Gasteiger partial charge is 0.323 e. The highest BCUT2D eigenvalue weighted by atomic mass is 16.5. The third kappa shape index (κ3) is 3.97. The molecule has 0 radical (unpaired) electrons. The average Bonchev–Trinajstić information content (AvgIpc) is 2.33. The summed E-state index contributed by atoms with van der Waals surface area (Å²) < 4.78 is 5.13. The Labute approximate surface area is 104 Å². The van der Waals surface area contributed by atoms with E-state index in [1.54, 1.807) is 24.3 Å². The van der Waals surface area contributed by atoms with Crippen LogP contribution in [0.15, 0.2) is 24.3 Å². The molecule has 0 aliphatic carbocycles. The summed E-state index contributed by atoms with van der Waals surface area (Å²) in [4.78, 5) is 22.8. The van der Waals surface area contributed by atoms with Crippen LogP contribution in [0.25, 0.3) is 0 Å². The maximum absolute atomic E-state index is 10.8. The molecule has 0 aliphatic rings. The van der Waals surface area contributed by atoms with E-state index in [0.717, 1.165) is 0 Å². The number of benzene rings is 1. The SMILES string of the molecule is COc1ccccc1N(CCC(=O)O)CC(=O)O. The van der Waals surface area contributed by atoms with Gasteiger partial charge in [-0.05, 0) is 12.1 Å². The number of carboxylic acids is 2. The van der Waals surface area contributed by atoms with Crippen LogP contribution in [-0.2, 0) is 9.59 Å². The molecular weight excluding hydrogens is 238 g/mol. The van der Waals surface area contributed by atoms with Gasteiger partial charge in [-0.25, -0.2) is 0 Å². The van der Waals surface area contributed by atoms with Crippen LogP contribution in [-0.4, -0.2) is 42.4 Å². The van der Waals surface area contributed by atoms with Crippen LogP contribution in [0.5, 0.6) is 5.75 Å². The molecule has 0 fully saturated rings. The number of rotatable bonds is 7. The molecule has 18 heavy (non-hydrogen) atoms. The number of carboxylic acid groups (broad SMARTS) is 2. The van der Waals surface area contributed by atoms with E-state index in [9.17, 15) is 9.59 Å². The number of nitrogens with zero attached hydrogens (tertiary/aromatic N) is 1. The predicted octanol–water partition coefficient (Wildman–Crippen LogP) is 1.06. The molecule has 0 unspecified atom stereocenters.